The molecule has 0 heterocycles. The first-order chi connectivity index (χ1) is 10.9. The number of hydrogen-bond acceptors (Lipinski definition) is 0. The fraction of sp³-hybridized carbons (Fsp3) is 0.773. The molecule has 0 bridgehead atoms. The molecular formula is C22H41. The lowest BCUT2D eigenvalue weighted by molar-refractivity contribution is 0.610. The third-order valence-electron chi connectivity index (χ3n) is 4.17. The Bertz CT molecular complexity index is 236. The highest BCUT2D eigenvalue weighted by Crippen LogP contribution is 2.09. The number of hydrogen-bond donors (Lipinski definition) is 0. The van der Waals surface area contributed by atoms with E-state index in [0.29, 0.717) is 0 Å². The summed E-state index contributed by atoms with van der Waals surface area (Å²) in [5.41, 5.74) is 0. The molecule has 0 aliphatic heterocycles. The van der Waals surface area contributed by atoms with Crippen LogP contribution >= 0.6 is 0 Å². The lowest BCUT2D eigenvalue weighted by Crippen LogP contribution is -1.78. The molecule has 0 N–H and O–H groups in total. The predicted molar refractivity (Wildman–Crippen MR) is 103 cm³/mol. The number of unbranched alkanes of at least 4 members (excludes halogenated alkanes) is 13. The van der Waals surface area contributed by atoms with E-state index in [9.17, 15) is 0 Å². The van der Waals surface area contributed by atoms with Gasteiger partial charge in [0.2, 0.25) is 0 Å². The first-order valence-corrected chi connectivity index (χ1v) is 10.0. The molecular weight excluding hydrogens is 264 g/mol. The van der Waals surface area contributed by atoms with Crippen LogP contribution < -0.4 is 0 Å². The monoisotopic (exact) mass is 305 g/mol. The first kappa shape index (κ1) is 21.5. The van der Waals surface area contributed by atoms with Gasteiger partial charge in [0.05, 0.1) is 0 Å². The van der Waals surface area contributed by atoms with E-state index in [4.69, 9.17) is 0 Å². The topological polar surface area (TPSA) is 0 Å². The van der Waals surface area contributed by atoms with E-state index in [1.165, 1.54) is 96.3 Å². The smallest absolute Gasteiger partial charge is 0.0351 e. The summed E-state index contributed by atoms with van der Waals surface area (Å²) in [7, 11) is 0. The van der Waals surface area contributed by atoms with E-state index in [1.807, 2.05) is 0 Å². The first-order valence-electron chi connectivity index (χ1n) is 10.0. The van der Waals surface area contributed by atoms with Crippen LogP contribution in [0, 0.1) is 6.92 Å². The molecule has 0 aliphatic rings. The van der Waals surface area contributed by atoms with Crippen molar-refractivity contribution in [3.8, 4) is 0 Å². The second-order valence-electron chi connectivity index (χ2n) is 6.49. The Morgan fingerprint density at radius 3 is 1.27 bits per heavy atom. The molecule has 0 aromatic heterocycles. The molecule has 0 atom stereocenters. The molecule has 0 saturated heterocycles. The Kier molecular flexibility index (Phi) is 20.0. The molecule has 0 amide bonds. The van der Waals surface area contributed by atoms with Gasteiger partial charge in [0, 0.05) is 0 Å². The highest BCUT2D eigenvalue weighted by Gasteiger charge is 1.89. The maximum atomic E-state index is 3.86. The van der Waals surface area contributed by atoms with Gasteiger partial charge in [0.15, 0.2) is 0 Å². The van der Waals surface area contributed by atoms with E-state index < -0.39 is 0 Å². The van der Waals surface area contributed by atoms with Crippen molar-refractivity contribution in [1.82, 2.24) is 0 Å². The van der Waals surface area contributed by atoms with Crippen LogP contribution in [0.2, 0.25) is 0 Å². The Balaban J connectivity index is 3.09. The second-order valence-corrected chi connectivity index (χ2v) is 6.49. The molecule has 0 aromatic rings. The summed E-state index contributed by atoms with van der Waals surface area (Å²) < 4.78 is 0. The van der Waals surface area contributed by atoms with Gasteiger partial charge in [-0.25, -0.2) is 0 Å². The Labute approximate surface area is 141 Å². The minimum absolute atomic E-state index is 1.07. The maximum absolute atomic E-state index is 3.86. The second kappa shape index (κ2) is 20.5. The van der Waals surface area contributed by atoms with E-state index in [-0.39, 0.29) is 0 Å². The zero-order valence-electron chi connectivity index (χ0n) is 15.3. The third-order valence-corrected chi connectivity index (χ3v) is 4.17. The van der Waals surface area contributed by atoms with Gasteiger partial charge in [-0.2, -0.15) is 0 Å². The van der Waals surface area contributed by atoms with Crippen molar-refractivity contribution in [3.63, 3.8) is 0 Å². The minimum Gasteiger partial charge on any atom is -0.0885 e. The van der Waals surface area contributed by atoms with Crippen LogP contribution in [0.25, 0.3) is 0 Å². The SMILES string of the molecule is [CH2]CCCC=CCCCCCCC=CCCCCCCCC. The van der Waals surface area contributed by atoms with Crippen molar-refractivity contribution in [3.05, 3.63) is 31.2 Å². The molecule has 1 radical (unpaired) electrons. The number of allylic oxidation sites excluding steroid dienone is 4. The van der Waals surface area contributed by atoms with Crippen molar-refractivity contribution < 1.29 is 0 Å². The molecule has 0 aromatic carbocycles. The van der Waals surface area contributed by atoms with Crippen LogP contribution in [0.3, 0.4) is 0 Å². The van der Waals surface area contributed by atoms with E-state index in [0.717, 1.165) is 6.42 Å². The molecule has 129 valence electrons. The molecule has 0 rings (SSSR count). The van der Waals surface area contributed by atoms with Crippen LogP contribution in [0.5, 0.6) is 0 Å². The average molecular weight is 306 g/mol. The molecule has 0 fully saturated rings. The summed E-state index contributed by atoms with van der Waals surface area (Å²) in [4.78, 5) is 0. The lowest BCUT2D eigenvalue weighted by Gasteiger charge is -1.98. The van der Waals surface area contributed by atoms with Gasteiger partial charge in [0.1, 0.15) is 0 Å². The highest BCUT2D eigenvalue weighted by molar-refractivity contribution is 4.82. The van der Waals surface area contributed by atoms with Gasteiger partial charge in [-0.05, 0) is 51.4 Å². The third kappa shape index (κ3) is 19.5. The van der Waals surface area contributed by atoms with Crippen LogP contribution in [0.1, 0.15) is 110 Å². The van der Waals surface area contributed by atoms with Crippen LogP contribution in [0.15, 0.2) is 24.3 Å². The summed E-state index contributed by atoms with van der Waals surface area (Å²) in [5.74, 6) is 0. The van der Waals surface area contributed by atoms with Crippen LogP contribution in [-0.2, 0) is 0 Å². The number of rotatable bonds is 17. The van der Waals surface area contributed by atoms with Gasteiger partial charge < -0.3 is 0 Å². The Morgan fingerprint density at radius 1 is 0.500 bits per heavy atom. The van der Waals surface area contributed by atoms with Crippen molar-refractivity contribution in [2.75, 3.05) is 0 Å². The van der Waals surface area contributed by atoms with E-state index in [2.05, 4.69) is 38.2 Å². The molecule has 0 saturated carbocycles. The molecule has 0 spiro atoms. The summed E-state index contributed by atoms with van der Waals surface area (Å²) in [6, 6.07) is 0. The van der Waals surface area contributed by atoms with E-state index in [1.54, 1.807) is 0 Å². The molecule has 0 unspecified atom stereocenters. The quantitative estimate of drug-likeness (QED) is 0.188. The minimum atomic E-state index is 1.07. The van der Waals surface area contributed by atoms with Gasteiger partial charge in [-0.1, -0.05) is 89.5 Å². The zero-order chi connectivity index (χ0) is 16.1. The summed E-state index contributed by atoms with van der Waals surface area (Å²) in [6.45, 7) is 6.14. The van der Waals surface area contributed by atoms with Crippen molar-refractivity contribution in [2.24, 2.45) is 0 Å². The van der Waals surface area contributed by atoms with Gasteiger partial charge >= 0.3 is 0 Å². The molecule has 0 heteroatoms. The lowest BCUT2D eigenvalue weighted by atomic mass is 10.1. The maximum Gasteiger partial charge on any atom is -0.0351 e. The fourth-order valence-corrected chi connectivity index (χ4v) is 2.65. The molecule has 0 aliphatic carbocycles. The standard InChI is InChI=1S/C22H41/c1-3-5-7-9-11-13-15-17-19-21-22-20-18-16-14-12-10-8-6-4-2/h9,11,18,20H,1,3-8,10,12-17,19,21-22H2,2H3. The van der Waals surface area contributed by atoms with Crippen molar-refractivity contribution in [2.45, 2.75) is 110 Å². The molecule has 0 nitrogen and oxygen atoms in total. The largest absolute Gasteiger partial charge is 0.0885 e. The zero-order valence-corrected chi connectivity index (χ0v) is 15.3. The summed E-state index contributed by atoms with van der Waals surface area (Å²) in [6.07, 6.45) is 30.9. The Morgan fingerprint density at radius 2 is 0.864 bits per heavy atom. The molecule has 22 heavy (non-hydrogen) atoms. The average Bonchev–Trinajstić information content (AvgIpc) is 2.54. The Hall–Kier alpha value is -0.520. The van der Waals surface area contributed by atoms with Crippen molar-refractivity contribution in [1.29, 1.82) is 0 Å². The normalized spacial score (nSPS) is 11.9. The van der Waals surface area contributed by atoms with Gasteiger partial charge in [-0.3, -0.25) is 0 Å². The van der Waals surface area contributed by atoms with E-state index >= 15 is 0 Å². The van der Waals surface area contributed by atoms with Crippen LogP contribution in [-0.4, -0.2) is 0 Å². The van der Waals surface area contributed by atoms with Crippen molar-refractivity contribution >= 4 is 0 Å². The predicted octanol–water partition coefficient (Wildman–Crippen LogP) is 8.19. The summed E-state index contributed by atoms with van der Waals surface area (Å²) >= 11 is 0. The van der Waals surface area contributed by atoms with Gasteiger partial charge in [-0.15, -0.1) is 0 Å². The highest BCUT2D eigenvalue weighted by atomic mass is 14.0. The fourth-order valence-electron chi connectivity index (χ4n) is 2.65. The van der Waals surface area contributed by atoms with Gasteiger partial charge in [0.25, 0.3) is 0 Å². The summed E-state index contributed by atoms with van der Waals surface area (Å²) in [5, 5.41) is 0. The van der Waals surface area contributed by atoms with Crippen LogP contribution in [0.4, 0.5) is 0 Å².